The number of nitrogens with one attached hydrogen (secondary N) is 1. The van der Waals surface area contributed by atoms with Gasteiger partial charge in [0.25, 0.3) is 0 Å². The van der Waals surface area contributed by atoms with E-state index in [1.54, 1.807) is 12.4 Å². The van der Waals surface area contributed by atoms with E-state index < -0.39 is 6.09 Å². The first kappa shape index (κ1) is 10.5. The van der Waals surface area contributed by atoms with Crippen LogP contribution in [-0.2, 0) is 4.84 Å². The van der Waals surface area contributed by atoms with Crippen molar-refractivity contribution in [1.82, 2.24) is 5.48 Å². The molecular formula is C3H8ClNO3. The fraction of sp³-hybridized carbons (Fsp3) is 0.667. The number of halogens is 1. The lowest BCUT2D eigenvalue weighted by Gasteiger charge is -1.93. The standard InChI is InChI=1S/C3H7NO3.ClH/c1-2-7-4-3(5)6;/h4H,2H2,1H3,(H,5,6);1H. The van der Waals surface area contributed by atoms with Crippen molar-refractivity contribution in [2.45, 2.75) is 6.92 Å². The molecular weight excluding hydrogens is 133 g/mol. The SMILES string of the molecule is CCONC(=O)O.Cl. The maximum Gasteiger partial charge on any atom is 0.428 e. The Labute approximate surface area is 53.2 Å². The molecule has 0 saturated heterocycles. The molecule has 1 amide bonds. The summed E-state index contributed by atoms with van der Waals surface area (Å²) in [6.07, 6.45) is -1.16. The van der Waals surface area contributed by atoms with Crippen molar-refractivity contribution in [3.05, 3.63) is 0 Å². The van der Waals surface area contributed by atoms with Gasteiger partial charge in [-0.15, -0.1) is 12.4 Å². The minimum Gasteiger partial charge on any atom is -0.464 e. The second kappa shape index (κ2) is 6.52. The van der Waals surface area contributed by atoms with Crippen molar-refractivity contribution in [2.24, 2.45) is 0 Å². The number of hydroxylamine groups is 1. The summed E-state index contributed by atoms with van der Waals surface area (Å²) in [6.45, 7) is 2.04. The zero-order chi connectivity index (χ0) is 5.70. The number of hydrogen-bond acceptors (Lipinski definition) is 2. The largest absolute Gasteiger partial charge is 0.464 e. The maximum atomic E-state index is 9.52. The molecule has 4 nitrogen and oxygen atoms in total. The highest BCUT2D eigenvalue weighted by atomic mass is 35.5. The van der Waals surface area contributed by atoms with Crippen LogP contribution in [0.25, 0.3) is 0 Å². The normalized spacial score (nSPS) is 7.12. The quantitative estimate of drug-likeness (QED) is 0.555. The Balaban J connectivity index is 0. The summed E-state index contributed by atoms with van der Waals surface area (Å²) in [5, 5.41) is 7.81. The van der Waals surface area contributed by atoms with Gasteiger partial charge in [0.05, 0.1) is 6.61 Å². The van der Waals surface area contributed by atoms with E-state index in [9.17, 15) is 4.79 Å². The Morgan fingerprint density at radius 2 is 2.38 bits per heavy atom. The maximum absolute atomic E-state index is 9.52. The van der Waals surface area contributed by atoms with Gasteiger partial charge in [0.15, 0.2) is 0 Å². The molecule has 0 aliphatic carbocycles. The van der Waals surface area contributed by atoms with E-state index in [4.69, 9.17) is 5.11 Å². The van der Waals surface area contributed by atoms with E-state index in [0.29, 0.717) is 6.61 Å². The minimum absolute atomic E-state index is 0. The van der Waals surface area contributed by atoms with Crippen molar-refractivity contribution in [1.29, 1.82) is 0 Å². The summed E-state index contributed by atoms with van der Waals surface area (Å²) in [7, 11) is 0. The molecule has 5 heteroatoms. The highest BCUT2D eigenvalue weighted by molar-refractivity contribution is 5.85. The van der Waals surface area contributed by atoms with Crippen molar-refractivity contribution < 1.29 is 14.7 Å². The van der Waals surface area contributed by atoms with E-state index in [0.717, 1.165) is 0 Å². The summed E-state index contributed by atoms with van der Waals surface area (Å²) in [5.74, 6) is 0. The Morgan fingerprint density at radius 1 is 1.88 bits per heavy atom. The van der Waals surface area contributed by atoms with Crippen molar-refractivity contribution >= 4 is 18.5 Å². The molecule has 0 spiro atoms. The minimum atomic E-state index is -1.16. The third-order valence-electron chi connectivity index (χ3n) is 0.304. The number of carboxylic acid groups (broad SMARTS) is 1. The predicted molar refractivity (Wildman–Crippen MR) is 30.0 cm³/mol. The fourth-order valence-corrected chi connectivity index (χ4v) is 0.134. The van der Waals surface area contributed by atoms with E-state index in [2.05, 4.69) is 4.84 Å². The Morgan fingerprint density at radius 3 is 2.50 bits per heavy atom. The van der Waals surface area contributed by atoms with Crippen LogP contribution in [0.2, 0.25) is 0 Å². The van der Waals surface area contributed by atoms with E-state index in [1.165, 1.54) is 0 Å². The van der Waals surface area contributed by atoms with Crippen LogP contribution in [0.4, 0.5) is 4.79 Å². The molecule has 0 aromatic carbocycles. The first-order chi connectivity index (χ1) is 3.27. The lowest BCUT2D eigenvalue weighted by atomic mass is 10.9. The summed E-state index contributed by atoms with van der Waals surface area (Å²) in [4.78, 5) is 13.8. The third-order valence-corrected chi connectivity index (χ3v) is 0.304. The monoisotopic (exact) mass is 141 g/mol. The topological polar surface area (TPSA) is 58.6 Å². The molecule has 0 radical (unpaired) electrons. The Hall–Kier alpha value is -0.480. The molecule has 0 fully saturated rings. The third kappa shape index (κ3) is 9.10. The van der Waals surface area contributed by atoms with Gasteiger partial charge in [-0.25, -0.2) is 4.79 Å². The van der Waals surface area contributed by atoms with Crippen LogP contribution >= 0.6 is 12.4 Å². The zero-order valence-corrected chi connectivity index (χ0v) is 5.20. The van der Waals surface area contributed by atoms with Crippen LogP contribution in [0.3, 0.4) is 0 Å². The van der Waals surface area contributed by atoms with Crippen LogP contribution in [-0.4, -0.2) is 17.8 Å². The Kier molecular flexibility index (Phi) is 8.55. The molecule has 0 aromatic rings. The molecule has 0 bridgehead atoms. The second-order valence-corrected chi connectivity index (χ2v) is 0.840. The van der Waals surface area contributed by atoms with Crippen molar-refractivity contribution in [2.75, 3.05) is 6.61 Å². The number of amides is 1. The molecule has 0 aliphatic rings. The van der Waals surface area contributed by atoms with E-state index in [1.807, 2.05) is 0 Å². The highest BCUT2D eigenvalue weighted by Crippen LogP contribution is 1.62. The molecule has 0 unspecified atom stereocenters. The zero-order valence-electron chi connectivity index (χ0n) is 4.38. The van der Waals surface area contributed by atoms with E-state index in [-0.39, 0.29) is 12.4 Å². The summed E-state index contributed by atoms with van der Waals surface area (Å²) >= 11 is 0. The summed E-state index contributed by atoms with van der Waals surface area (Å²) < 4.78 is 0. The van der Waals surface area contributed by atoms with Crippen LogP contribution < -0.4 is 5.48 Å². The number of hydrogen-bond donors (Lipinski definition) is 2. The molecule has 0 aliphatic heterocycles. The molecule has 0 rings (SSSR count). The summed E-state index contributed by atoms with van der Waals surface area (Å²) in [6, 6.07) is 0. The summed E-state index contributed by atoms with van der Waals surface area (Å²) in [5.41, 5.74) is 1.71. The fourth-order valence-electron chi connectivity index (χ4n) is 0.134. The molecule has 0 aromatic heterocycles. The molecule has 8 heavy (non-hydrogen) atoms. The van der Waals surface area contributed by atoms with Gasteiger partial charge in [-0.05, 0) is 6.92 Å². The first-order valence-electron chi connectivity index (χ1n) is 1.88. The second-order valence-electron chi connectivity index (χ2n) is 0.840. The average molecular weight is 142 g/mol. The van der Waals surface area contributed by atoms with Gasteiger partial charge in [-0.2, -0.15) is 5.48 Å². The van der Waals surface area contributed by atoms with Gasteiger partial charge in [-0.3, -0.25) is 4.84 Å². The highest BCUT2D eigenvalue weighted by Gasteiger charge is 1.86. The van der Waals surface area contributed by atoms with Gasteiger partial charge >= 0.3 is 6.09 Å². The van der Waals surface area contributed by atoms with Crippen LogP contribution in [0.1, 0.15) is 6.92 Å². The van der Waals surface area contributed by atoms with Gasteiger partial charge in [0.2, 0.25) is 0 Å². The average Bonchev–Trinajstić information content (AvgIpc) is 1.61. The Bertz CT molecular complexity index is 67.5. The van der Waals surface area contributed by atoms with Crippen molar-refractivity contribution in [3.63, 3.8) is 0 Å². The van der Waals surface area contributed by atoms with E-state index >= 15 is 0 Å². The van der Waals surface area contributed by atoms with Crippen molar-refractivity contribution in [3.8, 4) is 0 Å². The lowest BCUT2D eigenvalue weighted by Crippen LogP contribution is -2.20. The van der Waals surface area contributed by atoms with Gasteiger partial charge in [0.1, 0.15) is 0 Å². The van der Waals surface area contributed by atoms with Gasteiger partial charge in [0, 0.05) is 0 Å². The number of carbonyl (C=O) groups is 1. The molecule has 0 atom stereocenters. The molecule has 50 valence electrons. The molecule has 0 heterocycles. The lowest BCUT2D eigenvalue weighted by molar-refractivity contribution is 0.0502. The van der Waals surface area contributed by atoms with Crippen LogP contribution in [0.5, 0.6) is 0 Å². The molecule has 0 saturated carbocycles. The van der Waals surface area contributed by atoms with Gasteiger partial charge in [-0.1, -0.05) is 0 Å². The number of rotatable bonds is 2. The first-order valence-corrected chi connectivity index (χ1v) is 1.88. The predicted octanol–water partition coefficient (Wildman–Crippen LogP) is 0.627. The van der Waals surface area contributed by atoms with Crippen LogP contribution in [0.15, 0.2) is 0 Å². The molecule has 2 N–H and O–H groups in total. The van der Waals surface area contributed by atoms with Gasteiger partial charge < -0.3 is 5.11 Å². The smallest absolute Gasteiger partial charge is 0.428 e. The van der Waals surface area contributed by atoms with Crippen LogP contribution in [0, 0.1) is 0 Å².